The van der Waals surface area contributed by atoms with Gasteiger partial charge in [-0.1, -0.05) is 54.4 Å². The van der Waals surface area contributed by atoms with Gasteiger partial charge < -0.3 is 10.0 Å². The third-order valence-corrected chi connectivity index (χ3v) is 11.1. The summed E-state index contributed by atoms with van der Waals surface area (Å²) in [5, 5.41) is 10.3. The molecule has 2 aliphatic rings. The number of sulfonamides is 1. The van der Waals surface area contributed by atoms with E-state index < -0.39 is 21.4 Å². The quantitative estimate of drug-likeness (QED) is 0.338. The first kappa shape index (κ1) is 29.8. The molecule has 1 N–H and O–H groups in total. The van der Waals surface area contributed by atoms with E-state index in [1.807, 2.05) is 49.1 Å². The molecule has 0 bridgehead atoms. The van der Waals surface area contributed by atoms with Crippen molar-refractivity contribution >= 4 is 45.1 Å². The van der Waals surface area contributed by atoms with Crippen LogP contribution in [0.25, 0.3) is 0 Å². The molecule has 4 atom stereocenters. The van der Waals surface area contributed by atoms with Crippen LogP contribution in [0.3, 0.4) is 0 Å². The molecule has 0 aromatic heterocycles. The summed E-state index contributed by atoms with van der Waals surface area (Å²) < 4.78 is 26.9. The molecule has 212 valence electrons. The van der Waals surface area contributed by atoms with Crippen molar-refractivity contribution in [2.24, 2.45) is 5.41 Å². The van der Waals surface area contributed by atoms with E-state index in [0.717, 1.165) is 11.1 Å². The molecular weight excluding hydrogens is 559 g/mol. The number of amides is 1. The number of nitrogens with zero attached hydrogens (tertiary/aromatic N) is 2. The van der Waals surface area contributed by atoms with Gasteiger partial charge in [-0.05, 0) is 74.4 Å². The molecule has 1 aliphatic heterocycles. The maximum atomic E-state index is 14.3. The molecule has 7 nitrogen and oxygen atoms in total. The van der Waals surface area contributed by atoms with E-state index in [9.17, 15) is 23.1 Å². The zero-order chi connectivity index (χ0) is 28.5. The minimum Gasteiger partial charge on any atom is -0.481 e. The number of hydrogen-bond acceptors (Lipinski definition) is 4. The molecule has 1 aliphatic carbocycles. The van der Waals surface area contributed by atoms with E-state index >= 15 is 0 Å². The van der Waals surface area contributed by atoms with Gasteiger partial charge in [-0.3, -0.25) is 9.59 Å². The third kappa shape index (κ3) is 6.62. The van der Waals surface area contributed by atoms with Gasteiger partial charge in [0, 0.05) is 47.4 Å². The highest BCUT2D eigenvalue weighted by Gasteiger charge is 2.51. The van der Waals surface area contributed by atoms with Crippen molar-refractivity contribution < 1.29 is 23.1 Å². The minimum atomic E-state index is -3.34. The third-order valence-electron chi connectivity index (χ3n) is 8.20. The van der Waals surface area contributed by atoms with Crippen LogP contribution in [0.2, 0.25) is 10.0 Å². The van der Waals surface area contributed by atoms with E-state index in [2.05, 4.69) is 0 Å². The summed E-state index contributed by atoms with van der Waals surface area (Å²) in [5.41, 5.74) is 0.945. The second-order valence-electron chi connectivity index (χ2n) is 11.2. The standard InChI is InChI=1S/C29H36Cl2N2O5S/c1-19(14-16-32(3)39(37,38)24-11-12-24)33-27(20-7-9-22(30)10-8-20)25(21-5-4-6-23(31)17-21)18-29(2,28(33)36)15-13-26(34)35/h4-10,17,19,24-25,27H,11-16,18H2,1-3H3,(H,34,35)/t19-,25-,27-,29+/m0/s1. The summed E-state index contributed by atoms with van der Waals surface area (Å²) in [6.07, 6.45) is 2.34. The molecule has 10 heteroatoms. The normalized spacial score (nSPS) is 24.7. The molecule has 1 saturated carbocycles. The van der Waals surface area contributed by atoms with Crippen molar-refractivity contribution in [1.29, 1.82) is 0 Å². The first-order valence-electron chi connectivity index (χ1n) is 13.3. The van der Waals surface area contributed by atoms with Gasteiger partial charge in [0.05, 0.1) is 11.3 Å². The maximum Gasteiger partial charge on any atom is 0.303 e. The highest BCUT2D eigenvalue weighted by molar-refractivity contribution is 7.90. The molecule has 2 aromatic rings. The van der Waals surface area contributed by atoms with Gasteiger partial charge in [0.25, 0.3) is 0 Å². The van der Waals surface area contributed by atoms with Crippen LogP contribution < -0.4 is 0 Å². The van der Waals surface area contributed by atoms with Crippen LogP contribution in [0.5, 0.6) is 0 Å². The summed E-state index contributed by atoms with van der Waals surface area (Å²) in [6.45, 7) is 4.07. The molecule has 0 spiro atoms. The number of hydrogen-bond donors (Lipinski definition) is 1. The van der Waals surface area contributed by atoms with Gasteiger partial charge in [-0.15, -0.1) is 0 Å². The Labute approximate surface area is 241 Å². The number of benzene rings is 2. The smallest absolute Gasteiger partial charge is 0.303 e. The number of rotatable bonds is 11. The van der Waals surface area contributed by atoms with Crippen LogP contribution in [0.1, 0.15) is 75.5 Å². The van der Waals surface area contributed by atoms with Crippen molar-refractivity contribution in [3.63, 3.8) is 0 Å². The summed E-state index contributed by atoms with van der Waals surface area (Å²) in [6, 6.07) is 14.3. The number of aliphatic carboxylic acids is 1. The Morgan fingerprint density at radius 1 is 1.13 bits per heavy atom. The molecular formula is C29H36Cl2N2O5S. The summed E-state index contributed by atoms with van der Waals surface area (Å²) in [5.74, 6) is -1.24. The number of likely N-dealkylation sites (tertiary alicyclic amines) is 1. The van der Waals surface area contributed by atoms with E-state index in [1.54, 1.807) is 25.2 Å². The van der Waals surface area contributed by atoms with Gasteiger partial charge in [0.15, 0.2) is 0 Å². The highest BCUT2D eigenvalue weighted by Crippen LogP contribution is 2.52. The molecule has 0 unspecified atom stereocenters. The summed E-state index contributed by atoms with van der Waals surface area (Å²) >= 11 is 12.6. The molecule has 39 heavy (non-hydrogen) atoms. The molecule has 4 rings (SSSR count). The van der Waals surface area contributed by atoms with Gasteiger partial charge >= 0.3 is 5.97 Å². The molecule has 1 saturated heterocycles. The number of carbonyl (C=O) groups excluding carboxylic acids is 1. The second kappa shape index (κ2) is 11.8. The van der Waals surface area contributed by atoms with Crippen molar-refractivity contribution in [2.45, 2.75) is 75.6 Å². The van der Waals surface area contributed by atoms with Crippen LogP contribution in [0.4, 0.5) is 0 Å². The number of halogens is 2. The number of carbonyl (C=O) groups is 2. The average Bonchev–Trinajstić information content (AvgIpc) is 3.74. The van der Waals surface area contributed by atoms with E-state index in [4.69, 9.17) is 23.2 Å². The van der Waals surface area contributed by atoms with Crippen molar-refractivity contribution in [1.82, 2.24) is 9.21 Å². The molecule has 2 fully saturated rings. The fraction of sp³-hybridized carbons (Fsp3) is 0.517. The van der Waals surface area contributed by atoms with Gasteiger partial charge in [0.1, 0.15) is 0 Å². The fourth-order valence-corrected chi connectivity index (χ4v) is 7.65. The number of carboxylic acid groups (broad SMARTS) is 1. The van der Waals surface area contributed by atoms with Crippen LogP contribution in [-0.2, 0) is 19.6 Å². The first-order chi connectivity index (χ1) is 18.3. The summed E-state index contributed by atoms with van der Waals surface area (Å²) in [7, 11) is -1.74. The lowest BCUT2D eigenvalue weighted by Crippen LogP contribution is -2.55. The molecule has 0 radical (unpaired) electrons. The number of piperidine rings is 1. The van der Waals surface area contributed by atoms with Crippen LogP contribution in [0.15, 0.2) is 48.5 Å². The molecule has 1 amide bonds. The topological polar surface area (TPSA) is 95.0 Å². The minimum absolute atomic E-state index is 0.123. The SMILES string of the molecule is C[C@@H](CCN(C)S(=O)(=O)C1CC1)N1C(=O)[C@](C)(CCC(=O)O)C[C@@H](c2cccc(Cl)c2)[C@@H]1c1ccc(Cl)cc1. The second-order valence-corrected chi connectivity index (χ2v) is 14.4. The van der Waals surface area contributed by atoms with Crippen molar-refractivity contribution in [2.75, 3.05) is 13.6 Å². The monoisotopic (exact) mass is 594 g/mol. The van der Waals surface area contributed by atoms with E-state index in [1.165, 1.54) is 4.31 Å². The number of carboxylic acids is 1. The Balaban J connectivity index is 1.75. The Kier molecular flexibility index (Phi) is 9.01. The highest BCUT2D eigenvalue weighted by atomic mass is 35.5. The lowest BCUT2D eigenvalue weighted by atomic mass is 9.66. The lowest BCUT2D eigenvalue weighted by molar-refractivity contribution is -0.155. The Morgan fingerprint density at radius 3 is 2.38 bits per heavy atom. The predicted molar refractivity (Wildman–Crippen MR) is 153 cm³/mol. The van der Waals surface area contributed by atoms with Crippen molar-refractivity contribution in [3.05, 3.63) is 69.7 Å². The predicted octanol–water partition coefficient (Wildman–Crippen LogP) is 6.12. The lowest BCUT2D eigenvalue weighted by Gasteiger charge is -2.52. The van der Waals surface area contributed by atoms with E-state index in [0.29, 0.717) is 35.7 Å². The Morgan fingerprint density at radius 2 is 1.79 bits per heavy atom. The fourth-order valence-electron chi connectivity index (χ4n) is 5.73. The van der Waals surface area contributed by atoms with E-state index in [-0.39, 0.29) is 48.5 Å². The van der Waals surface area contributed by atoms with Gasteiger partial charge in [-0.25, -0.2) is 12.7 Å². The van der Waals surface area contributed by atoms with Gasteiger partial charge in [0.2, 0.25) is 15.9 Å². The van der Waals surface area contributed by atoms with Crippen LogP contribution >= 0.6 is 23.2 Å². The zero-order valence-corrected chi connectivity index (χ0v) is 24.8. The van der Waals surface area contributed by atoms with Gasteiger partial charge in [-0.2, -0.15) is 0 Å². The first-order valence-corrected chi connectivity index (χ1v) is 15.6. The molecule has 2 aromatic carbocycles. The molecule has 1 heterocycles. The van der Waals surface area contributed by atoms with Crippen LogP contribution in [0, 0.1) is 5.41 Å². The largest absolute Gasteiger partial charge is 0.481 e. The Bertz CT molecular complexity index is 1320. The average molecular weight is 596 g/mol. The van der Waals surface area contributed by atoms with Crippen molar-refractivity contribution in [3.8, 4) is 0 Å². The zero-order valence-electron chi connectivity index (χ0n) is 22.5. The maximum absolute atomic E-state index is 14.3. The summed E-state index contributed by atoms with van der Waals surface area (Å²) in [4.78, 5) is 27.7. The Hall–Kier alpha value is -2.13. The van der Waals surface area contributed by atoms with Crippen LogP contribution in [-0.4, -0.2) is 59.5 Å².